The molecule has 0 aromatic heterocycles. The number of hydrogen-bond acceptors (Lipinski definition) is 5. The van der Waals surface area contributed by atoms with Gasteiger partial charge < -0.3 is 21.3 Å². The van der Waals surface area contributed by atoms with E-state index in [1.807, 2.05) is 0 Å². The van der Waals surface area contributed by atoms with Crippen LogP contribution < -0.4 is 21.7 Å². The van der Waals surface area contributed by atoms with Crippen molar-refractivity contribution in [3.63, 3.8) is 0 Å². The summed E-state index contributed by atoms with van der Waals surface area (Å²) in [4.78, 5) is 37.6. The van der Waals surface area contributed by atoms with E-state index in [0.717, 1.165) is 45.1 Å². The lowest BCUT2D eigenvalue weighted by atomic mass is 10.0. The number of primary amides is 1. The Morgan fingerprint density at radius 2 is 1.05 bits per heavy atom. The molecule has 8 heteroatoms. The van der Waals surface area contributed by atoms with Crippen molar-refractivity contribution in [1.29, 1.82) is 0 Å². The molecular formula is C36H73N5O3. The van der Waals surface area contributed by atoms with Crippen LogP contribution >= 0.6 is 0 Å². The second kappa shape index (κ2) is 32.7. The Morgan fingerprint density at radius 3 is 1.52 bits per heavy atom. The van der Waals surface area contributed by atoms with Crippen LogP contribution in [0.1, 0.15) is 174 Å². The molecule has 0 rings (SSSR count). The van der Waals surface area contributed by atoms with Crippen molar-refractivity contribution in [2.75, 3.05) is 33.7 Å². The summed E-state index contributed by atoms with van der Waals surface area (Å²) in [6.07, 6.45) is 30.2. The van der Waals surface area contributed by atoms with Gasteiger partial charge >= 0.3 is 0 Å². The third-order valence-electron chi connectivity index (χ3n) is 8.38. The number of unbranched alkanes of at least 4 members (excludes halogenated alkanes) is 20. The number of nitrogens with two attached hydrogens (primary N) is 1. The maximum absolute atomic E-state index is 12.2. The minimum atomic E-state index is -0.471. The van der Waals surface area contributed by atoms with Gasteiger partial charge in [-0.05, 0) is 39.9 Å². The molecule has 0 aliphatic heterocycles. The Labute approximate surface area is 272 Å². The maximum Gasteiger partial charge on any atom is 0.221 e. The fourth-order valence-corrected chi connectivity index (χ4v) is 5.58. The molecule has 0 fully saturated rings. The van der Waals surface area contributed by atoms with Gasteiger partial charge in [0.05, 0.1) is 6.17 Å². The molecule has 0 aromatic rings. The molecule has 5 N–H and O–H groups in total. The second-order valence-corrected chi connectivity index (χ2v) is 13.2. The predicted octanol–water partition coefficient (Wildman–Crippen LogP) is 7.34. The molecule has 0 radical (unpaired) electrons. The van der Waals surface area contributed by atoms with Gasteiger partial charge in [-0.2, -0.15) is 0 Å². The van der Waals surface area contributed by atoms with Crippen LogP contribution in [-0.4, -0.2) is 62.5 Å². The van der Waals surface area contributed by atoms with E-state index in [0.29, 0.717) is 19.5 Å². The standard InChI is InChI=1S/C36H73N5O3/c1-4-5-6-7-8-9-10-11-12-13-14-15-16-17-18-19-20-21-24-27-35(43)39-31-30-38-34(26-23-22-25-32-41(2)3)40-36(44)29-28-33(37)42/h34,38H,4-32H2,1-3H3,(H2,37,42)(H,39,43)(H,40,44). The van der Waals surface area contributed by atoms with Gasteiger partial charge in [-0.25, -0.2) is 0 Å². The van der Waals surface area contributed by atoms with Crippen molar-refractivity contribution in [3.05, 3.63) is 0 Å². The van der Waals surface area contributed by atoms with Crippen molar-refractivity contribution in [2.24, 2.45) is 5.73 Å². The molecule has 1 unspecified atom stereocenters. The molecule has 1 atom stereocenters. The monoisotopic (exact) mass is 624 g/mol. The number of amides is 3. The molecular weight excluding hydrogens is 550 g/mol. The fourth-order valence-electron chi connectivity index (χ4n) is 5.58. The topological polar surface area (TPSA) is 117 Å². The molecule has 0 spiro atoms. The first kappa shape index (κ1) is 42.3. The maximum atomic E-state index is 12.2. The third kappa shape index (κ3) is 33.2. The molecule has 3 amide bonds. The first-order valence-electron chi connectivity index (χ1n) is 18.6. The molecule has 0 heterocycles. The average Bonchev–Trinajstić information content (AvgIpc) is 2.98. The Morgan fingerprint density at radius 1 is 0.568 bits per heavy atom. The van der Waals surface area contributed by atoms with E-state index in [1.54, 1.807) is 0 Å². The van der Waals surface area contributed by atoms with Crippen LogP contribution in [0.15, 0.2) is 0 Å². The van der Waals surface area contributed by atoms with E-state index in [9.17, 15) is 14.4 Å². The first-order valence-corrected chi connectivity index (χ1v) is 18.6. The average molecular weight is 624 g/mol. The minimum Gasteiger partial charge on any atom is -0.370 e. The molecule has 0 aliphatic rings. The SMILES string of the molecule is CCCCCCCCCCCCCCCCCCCCCC(=O)NCCNC(CCCCCN(C)C)NC(=O)CCC(N)=O. The highest BCUT2D eigenvalue weighted by atomic mass is 16.2. The van der Waals surface area contributed by atoms with Gasteiger partial charge in [0, 0.05) is 32.4 Å². The lowest BCUT2D eigenvalue weighted by molar-refractivity contribution is -0.125. The lowest BCUT2D eigenvalue weighted by Gasteiger charge is -2.21. The molecule has 8 nitrogen and oxygen atoms in total. The number of nitrogens with one attached hydrogen (secondary N) is 3. The summed E-state index contributed by atoms with van der Waals surface area (Å²) in [5.41, 5.74) is 5.17. The number of rotatable bonds is 34. The van der Waals surface area contributed by atoms with Crippen molar-refractivity contribution in [2.45, 2.75) is 180 Å². The van der Waals surface area contributed by atoms with Crippen LogP contribution in [0.3, 0.4) is 0 Å². The molecule has 0 aromatic carbocycles. The molecule has 0 saturated heterocycles. The Balaban J connectivity index is 3.70. The van der Waals surface area contributed by atoms with Crippen molar-refractivity contribution in [1.82, 2.24) is 20.9 Å². The zero-order valence-corrected chi connectivity index (χ0v) is 29.3. The highest BCUT2D eigenvalue weighted by Gasteiger charge is 2.12. The van der Waals surface area contributed by atoms with E-state index in [2.05, 4.69) is 41.9 Å². The zero-order chi connectivity index (χ0) is 32.5. The van der Waals surface area contributed by atoms with Crippen molar-refractivity contribution >= 4 is 17.7 Å². The molecule has 0 aliphatic carbocycles. The zero-order valence-electron chi connectivity index (χ0n) is 29.3. The lowest BCUT2D eigenvalue weighted by Crippen LogP contribution is -2.47. The normalized spacial score (nSPS) is 12.0. The van der Waals surface area contributed by atoms with Crippen molar-refractivity contribution < 1.29 is 14.4 Å². The second-order valence-electron chi connectivity index (χ2n) is 13.2. The van der Waals surface area contributed by atoms with Crippen LogP contribution in [0.4, 0.5) is 0 Å². The van der Waals surface area contributed by atoms with Gasteiger partial charge in [-0.1, -0.05) is 135 Å². The Hall–Kier alpha value is -1.67. The van der Waals surface area contributed by atoms with Gasteiger partial charge in [0.1, 0.15) is 0 Å². The summed E-state index contributed by atoms with van der Waals surface area (Å²) in [7, 11) is 4.14. The number of carbonyl (C=O) groups is 3. The fraction of sp³-hybridized carbons (Fsp3) is 0.917. The summed E-state index contributed by atoms with van der Waals surface area (Å²) < 4.78 is 0. The summed E-state index contributed by atoms with van der Waals surface area (Å²) in [6.45, 7) is 4.45. The highest BCUT2D eigenvalue weighted by molar-refractivity contribution is 5.82. The van der Waals surface area contributed by atoms with E-state index in [4.69, 9.17) is 5.73 Å². The largest absolute Gasteiger partial charge is 0.370 e. The van der Waals surface area contributed by atoms with Gasteiger partial charge in [0.15, 0.2) is 0 Å². The van der Waals surface area contributed by atoms with Gasteiger partial charge in [0.2, 0.25) is 17.7 Å². The van der Waals surface area contributed by atoms with E-state index in [-0.39, 0.29) is 30.8 Å². The van der Waals surface area contributed by atoms with E-state index in [1.165, 1.54) is 109 Å². The number of hydrogen-bond donors (Lipinski definition) is 4. The van der Waals surface area contributed by atoms with Gasteiger partial charge in [0.25, 0.3) is 0 Å². The van der Waals surface area contributed by atoms with E-state index < -0.39 is 5.91 Å². The molecule has 44 heavy (non-hydrogen) atoms. The van der Waals surface area contributed by atoms with Gasteiger partial charge in [-0.15, -0.1) is 0 Å². The molecule has 260 valence electrons. The van der Waals surface area contributed by atoms with Crippen LogP contribution in [0.25, 0.3) is 0 Å². The first-order chi connectivity index (χ1) is 21.3. The minimum absolute atomic E-state index is 0.0525. The van der Waals surface area contributed by atoms with Crippen LogP contribution in [0.2, 0.25) is 0 Å². The Bertz CT molecular complexity index is 674. The number of nitrogens with zero attached hydrogens (tertiary/aromatic N) is 1. The third-order valence-corrected chi connectivity index (χ3v) is 8.38. The van der Waals surface area contributed by atoms with Gasteiger partial charge in [-0.3, -0.25) is 19.7 Å². The summed E-state index contributed by atoms with van der Waals surface area (Å²) in [5, 5.41) is 9.32. The van der Waals surface area contributed by atoms with Crippen molar-refractivity contribution in [3.8, 4) is 0 Å². The smallest absolute Gasteiger partial charge is 0.221 e. The summed E-state index contributed by atoms with van der Waals surface area (Å²) >= 11 is 0. The number of carbonyl (C=O) groups excluding carboxylic acids is 3. The summed E-state index contributed by atoms with van der Waals surface area (Å²) in [6, 6.07) is 0. The Kier molecular flexibility index (Phi) is 31.5. The van der Waals surface area contributed by atoms with Crippen LogP contribution in [0, 0.1) is 0 Å². The molecule has 0 saturated carbocycles. The highest BCUT2D eigenvalue weighted by Crippen LogP contribution is 2.15. The van der Waals surface area contributed by atoms with Crippen LogP contribution in [-0.2, 0) is 14.4 Å². The predicted molar refractivity (Wildman–Crippen MR) is 186 cm³/mol. The summed E-state index contributed by atoms with van der Waals surface area (Å²) in [5.74, 6) is -0.548. The van der Waals surface area contributed by atoms with E-state index >= 15 is 0 Å². The quantitative estimate of drug-likeness (QED) is 0.0442. The molecule has 0 bridgehead atoms. The van der Waals surface area contributed by atoms with Crippen LogP contribution in [0.5, 0.6) is 0 Å².